The average molecular weight is 256 g/mol. The van der Waals surface area contributed by atoms with Gasteiger partial charge in [-0.3, -0.25) is 0 Å². The van der Waals surface area contributed by atoms with Gasteiger partial charge >= 0.3 is 0 Å². The molecule has 0 amide bonds. The Bertz CT molecular complexity index is 224. The minimum absolute atomic E-state index is 0.470. The largest absolute Gasteiger partial charge is 0.381 e. The molecule has 2 nitrogen and oxygen atoms in total. The van der Waals surface area contributed by atoms with Crippen LogP contribution in [0.15, 0.2) is 0 Å². The van der Waals surface area contributed by atoms with Crippen LogP contribution in [0.2, 0.25) is 0 Å². The van der Waals surface area contributed by atoms with Crippen LogP contribution in [-0.2, 0) is 9.47 Å². The Labute approximate surface area is 113 Å². The molecule has 2 heterocycles. The van der Waals surface area contributed by atoms with E-state index in [1.807, 2.05) is 0 Å². The number of hydrogen-bond donors (Lipinski definition) is 0. The van der Waals surface area contributed by atoms with E-state index in [0.29, 0.717) is 10.8 Å². The molecule has 0 spiro atoms. The van der Waals surface area contributed by atoms with Crippen molar-refractivity contribution in [1.82, 2.24) is 0 Å². The van der Waals surface area contributed by atoms with E-state index < -0.39 is 0 Å². The van der Waals surface area contributed by atoms with Crippen LogP contribution in [0, 0.1) is 22.7 Å². The number of ether oxygens (including phenoxy) is 2. The summed E-state index contributed by atoms with van der Waals surface area (Å²) >= 11 is 0. The lowest BCUT2D eigenvalue weighted by Gasteiger charge is -2.37. The first kappa shape index (κ1) is 16.0. The van der Waals surface area contributed by atoms with Crippen LogP contribution in [0.3, 0.4) is 0 Å². The lowest BCUT2D eigenvalue weighted by atomic mass is 9.76. The van der Waals surface area contributed by atoms with E-state index in [4.69, 9.17) is 9.47 Å². The zero-order chi connectivity index (χ0) is 13.8. The van der Waals surface area contributed by atoms with Gasteiger partial charge in [-0.1, -0.05) is 41.5 Å². The van der Waals surface area contributed by atoms with Gasteiger partial charge in [0.25, 0.3) is 0 Å². The van der Waals surface area contributed by atoms with Gasteiger partial charge in [0.05, 0.1) is 13.2 Å². The molecule has 2 heteroatoms. The highest BCUT2D eigenvalue weighted by molar-refractivity contribution is 4.78. The molecule has 108 valence electrons. The van der Waals surface area contributed by atoms with Gasteiger partial charge in [-0.25, -0.2) is 0 Å². The quantitative estimate of drug-likeness (QED) is 0.648. The summed E-state index contributed by atoms with van der Waals surface area (Å²) in [5.74, 6) is 1.68. The standard InChI is InChI=1S/C9H18O.C7H14O/c1-9(2,3)8-4-6-10-7-5-8;1-7(2,3)6-4-8-5-6/h8H,4-7H2,1-3H3;6H,4-5H2,1-3H3. The first-order valence-electron chi connectivity index (χ1n) is 7.37. The Kier molecular flexibility index (Phi) is 5.67. The highest BCUT2D eigenvalue weighted by Crippen LogP contribution is 2.33. The molecule has 0 N–H and O–H groups in total. The second kappa shape index (κ2) is 6.38. The van der Waals surface area contributed by atoms with Crippen LogP contribution in [0.1, 0.15) is 54.4 Å². The van der Waals surface area contributed by atoms with E-state index in [-0.39, 0.29) is 0 Å². The smallest absolute Gasteiger partial charge is 0.0521 e. The molecule has 0 aromatic carbocycles. The SMILES string of the molecule is CC(C)(C)C1CCOCC1.CC(C)(C)C1COC1. The molecule has 0 unspecified atom stereocenters. The minimum atomic E-state index is 0.470. The van der Waals surface area contributed by atoms with Crippen LogP contribution in [0.4, 0.5) is 0 Å². The number of rotatable bonds is 0. The molecule has 0 saturated carbocycles. The van der Waals surface area contributed by atoms with Crippen molar-refractivity contribution >= 4 is 0 Å². The Morgan fingerprint density at radius 1 is 0.667 bits per heavy atom. The summed E-state index contributed by atoms with van der Waals surface area (Å²) < 4.78 is 10.4. The maximum absolute atomic E-state index is 5.29. The van der Waals surface area contributed by atoms with Crippen LogP contribution in [-0.4, -0.2) is 26.4 Å². The first-order chi connectivity index (χ1) is 8.21. The summed E-state index contributed by atoms with van der Waals surface area (Å²) in [5, 5.41) is 0. The zero-order valence-corrected chi connectivity index (χ0v) is 13.2. The third-order valence-electron chi connectivity index (χ3n) is 4.31. The molecule has 2 aliphatic rings. The summed E-state index contributed by atoms with van der Waals surface area (Å²) in [6, 6.07) is 0. The molecule has 2 saturated heterocycles. The Morgan fingerprint density at radius 3 is 1.28 bits per heavy atom. The summed E-state index contributed by atoms with van der Waals surface area (Å²) in [6.45, 7) is 17.7. The molecule has 2 fully saturated rings. The summed E-state index contributed by atoms with van der Waals surface area (Å²) in [5.41, 5.74) is 0.960. The molecule has 0 aromatic rings. The topological polar surface area (TPSA) is 18.5 Å². The van der Waals surface area contributed by atoms with E-state index in [0.717, 1.165) is 38.3 Å². The van der Waals surface area contributed by atoms with Crippen molar-refractivity contribution in [3.05, 3.63) is 0 Å². The highest BCUT2D eigenvalue weighted by Gasteiger charge is 2.30. The minimum Gasteiger partial charge on any atom is -0.381 e. The van der Waals surface area contributed by atoms with Gasteiger partial charge < -0.3 is 9.47 Å². The van der Waals surface area contributed by atoms with Gasteiger partial charge in [0.15, 0.2) is 0 Å². The van der Waals surface area contributed by atoms with Crippen molar-refractivity contribution in [3.8, 4) is 0 Å². The van der Waals surface area contributed by atoms with Crippen LogP contribution < -0.4 is 0 Å². The third-order valence-corrected chi connectivity index (χ3v) is 4.31. The summed E-state index contributed by atoms with van der Waals surface area (Å²) in [7, 11) is 0. The van der Waals surface area contributed by atoms with E-state index in [1.54, 1.807) is 0 Å². The maximum atomic E-state index is 5.29. The van der Waals surface area contributed by atoms with E-state index in [2.05, 4.69) is 41.5 Å². The van der Waals surface area contributed by atoms with Crippen molar-refractivity contribution in [2.24, 2.45) is 22.7 Å². The fourth-order valence-corrected chi connectivity index (χ4v) is 2.30. The van der Waals surface area contributed by atoms with Crippen molar-refractivity contribution in [1.29, 1.82) is 0 Å². The highest BCUT2D eigenvalue weighted by atomic mass is 16.5. The normalized spacial score (nSPS) is 23.0. The predicted octanol–water partition coefficient (Wildman–Crippen LogP) is 4.14. The van der Waals surface area contributed by atoms with Crippen LogP contribution in [0.5, 0.6) is 0 Å². The van der Waals surface area contributed by atoms with Gasteiger partial charge in [-0.05, 0) is 29.6 Å². The monoisotopic (exact) mass is 256 g/mol. The maximum Gasteiger partial charge on any atom is 0.0521 e. The van der Waals surface area contributed by atoms with E-state index in [1.165, 1.54) is 12.8 Å². The first-order valence-corrected chi connectivity index (χ1v) is 7.37. The molecule has 0 radical (unpaired) electrons. The zero-order valence-electron chi connectivity index (χ0n) is 13.2. The van der Waals surface area contributed by atoms with Gasteiger partial charge in [0.1, 0.15) is 0 Å². The molecule has 0 bridgehead atoms. The van der Waals surface area contributed by atoms with Crippen molar-refractivity contribution in [2.45, 2.75) is 54.4 Å². The van der Waals surface area contributed by atoms with Crippen LogP contribution in [0.25, 0.3) is 0 Å². The van der Waals surface area contributed by atoms with Crippen molar-refractivity contribution in [2.75, 3.05) is 26.4 Å². The molecule has 2 aliphatic heterocycles. The lowest BCUT2D eigenvalue weighted by molar-refractivity contribution is -0.0821. The molecule has 2 rings (SSSR count). The Balaban J connectivity index is 0.000000184. The Hall–Kier alpha value is -0.0800. The van der Waals surface area contributed by atoms with Gasteiger partial charge in [0.2, 0.25) is 0 Å². The second-order valence-corrected chi connectivity index (χ2v) is 7.85. The van der Waals surface area contributed by atoms with E-state index >= 15 is 0 Å². The van der Waals surface area contributed by atoms with Gasteiger partial charge in [0, 0.05) is 19.1 Å². The lowest BCUT2D eigenvalue weighted by Crippen LogP contribution is -2.37. The Morgan fingerprint density at radius 2 is 1.11 bits per heavy atom. The average Bonchev–Trinajstić information content (AvgIpc) is 2.13. The third kappa shape index (κ3) is 5.27. The molecular formula is C16H32O2. The fraction of sp³-hybridized carbons (Fsp3) is 1.00. The van der Waals surface area contributed by atoms with Crippen molar-refractivity contribution in [3.63, 3.8) is 0 Å². The summed E-state index contributed by atoms with van der Waals surface area (Å²) in [6.07, 6.45) is 2.51. The van der Waals surface area contributed by atoms with E-state index in [9.17, 15) is 0 Å². The van der Waals surface area contributed by atoms with Crippen molar-refractivity contribution < 1.29 is 9.47 Å². The second-order valence-electron chi connectivity index (χ2n) is 7.85. The predicted molar refractivity (Wildman–Crippen MR) is 76.8 cm³/mol. The summed E-state index contributed by atoms with van der Waals surface area (Å²) in [4.78, 5) is 0. The van der Waals surface area contributed by atoms with Crippen LogP contribution >= 0.6 is 0 Å². The molecule has 0 atom stereocenters. The molecule has 18 heavy (non-hydrogen) atoms. The fourth-order valence-electron chi connectivity index (χ4n) is 2.30. The van der Waals surface area contributed by atoms with Gasteiger partial charge in [-0.2, -0.15) is 0 Å². The molecular weight excluding hydrogens is 224 g/mol. The molecule has 0 aliphatic carbocycles. The van der Waals surface area contributed by atoms with Gasteiger partial charge in [-0.15, -0.1) is 0 Å². The number of hydrogen-bond acceptors (Lipinski definition) is 2. The molecule has 0 aromatic heterocycles.